The number of thioether (sulfide) groups is 1. The maximum Gasteiger partial charge on any atom is 0.340 e. The Morgan fingerprint density at radius 3 is 2.32 bits per heavy atom. The van der Waals surface area contributed by atoms with Gasteiger partial charge in [0.25, 0.3) is 0 Å². The van der Waals surface area contributed by atoms with Crippen molar-refractivity contribution in [1.82, 2.24) is 4.90 Å². The van der Waals surface area contributed by atoms with Gasteiger partial charge in [-0.05, 0) is 40.5 Å². The van der Waals surface area contributed by atoms with E-state index >= 15 is 0 Å². The molecule has 1 saturated carbocycles. The van der Waals surface area contributed by atoms with Gasteiger partial charge in [0, 0.05) is 13.1 Å². The summed E-state index contributed by atoms with van der Waals surface area (Å²) in [5.74, 6) is 0.391. The predicted molar refractivity (Wildman–Crippen MR) is 93.1 cm³/mol. The van der Waals surface area contributed by atoms with Gasteiger partial charge in [0.1, 0.15) is 0 Å². The second kappa shape index (κ2) is 6.65. The van der Waals surface area contributed by atoms with Gasteiger partial charge in [-0.2, -0.15) is 0 Å². The summed E-state index contributed by atoms with van der Waals surface area (Å²) in [6.45, 7) is 14.1. The summed E-state index contributed by atoms with van der Waals surface area (Å²) < 4.78 is 5.38. The van der Waals surface area contributed by atoms with Gasteiger partial charge in [0.15, 0.2) is 5.54 Å². The predicted octanol–water partition coefficient (Wildman–Crippen LogP) is 3.97. The topological polar surface area (TPSA) is 41.9 Å². The molecule has 0 aromatic heterocycles. The number of hydrogen-bond acceptors (Lipinski definition) is 5. The molecule has 0 saturated heterocycles. The smallest absolute Gasteiger partial charge is 0.340 e. The molecule has 124 valence electrons. The number of aliphatic imine (C=N–C) groups is 1. The average Bonchev–Trinajstić information content (AvgIpc) is 2.76. The van der Waals surface area contributed by atoms with Crippen molar-refractivity contribution in [2.24, 2.45) is 4.99 Å². The molecule has 1 aliphatic heterocycles. The number of nitrogens with zero attached hydrogens (tertiary/aromatic N) is 2. The molecule has 1 aliphatic carbocycles. The van der Waals surface area contributed by atoms with E-state index in [1.165, 1.54) is 6.42 Å². The average molecular weight is 324 g/mol. The maximum absolute atomic E-state index is 12.0. The van der Waals surface area contributed by atoms with Crippen molar-refractivity contribution in [2.75, 3.05) is 13.1 Å². The Labute approximate surface area is 138 Å². The fourth-order valence-corrected chi connectivity index (χ4v) is 4.58. The molecule has 0 aromatic rings. The SMILES string of the molecule is C=C(SC1(C2=NC(C)(C)C(=O)O2)CCCCC1)N(CC)CC. The number of ether oxygens (including phenoxy) is 1. The highest BCUT2D eigenvalue weighted by molar-refractivity contribution is 8.05. The van der Waals surface area contributed by atoms with Crippen LogP contribution >= 0.6 is 11.8 Å². The van der Waals surface area contributed by atoms with E-state index in [1.807, 2.05) is 13.8 Å². The minimum atomic E-state index is -0.753. The summed E-state index contributed by atoms with van der Waals surface area (Å²) in [6, 6.07) is 0. The van der Waals surface area contributed by atoms with Crippen molar-refractivity contribution in [1.29, 1.82) is 0 Å². The number of rotatable bonds is 6. The highest BCUT2D eigenvalue weighted by atomic mass is 32.2. The molecule has 4 nitrogen and oxygen atoms in total. The van der Waals surface area contributed by atoms with Crippen molar-refractivity contribution < 1.29 is 9.53 Å². The first-order valence-corrected chi connectivity index (χ1v) is 9.12. The normalized spacial score (nSPS) is 22.9. The summed E-state index contributed by atoms with van der Waals surface area (Å²) in [7, 11) is 0. The number of hydrogen-bond donors (Lipinski definition) is 0. The van der Waals surface area contributed by atoms with Crippen LogP contribution in [0.5, 0.6) is 0 Å². The largest absolute Gasteiger partial charge is 0.409 e. The Bertz CT molecular complexity index is 475. The van der Waals surface area contributed by atoms with E-state index in [0.29, 0.717) is 5.90 Å². The molecule has 1 fully saturated rings. The van der Waals surface area contributed by atoms with Gasteiger partial charge in [0.2, 0.25) is 5.90 Å². The Balaban J connectivity index is 2.26. The summed E-state index contributed by atoms with van der Waals surface area (Å²) in [5.41, 5.74) is -0.753. The van der Waals surface area contributed by atoms with Crippen LogP contribution in [0.4, 0.5) is 0 Å². The van der Waals surface area contributed by atoms with Crippen LogP contribution in [-0.4, -0.2) is 40.1 Å². The summed E-state index contributed by atoms with van der Waals surface area (Å²) in [5, 5.41) is 1.05. The van der Waals surface area contributed by atoms with E-state index in [0.717, 1.165) is 43.8 Å². The van der Waals surface area contributed by atoms with Gasteiger partial charge in [-0.1, -0.05) is 37.6 Å². The van der Waals surface area contributed by atoms with Crippen LogP contribution in [0, 0.1) is 0 Å². The van der Waals surface area contributed by atoms with Crippen LogP contribution < -0.4 is 0 Å². The van der Waals surface area contributed by atoms with E-state index in [9.17, 15) is 4.79 Å². The van der Waals surface area contributed by atoms with Gasteiger partial charge in [-0.3, -0.25) is 0 Å². The number of carbonyl (C=O) groups is 1. The van der Waals surface area contributed by atoms with Gasteiger partial charge in [0.05, 0.1) is 9.78 Å². The zero-order valence-corrected chi connectivity index (χ0v) is 15.1. The first-order chi connectivity index (χ1) is 10.3. The highest BCUT2D eigenvalue weighted by Crippen LogP contribution is 2.47. The molecule has 2 rings (SSSR count). The zero-order chi connectivity index (χ0) is 16.4. The highest BCUT2D eigenvalue weighted by Gasteiger charge is 2.48. The van der Waals surface area contributed by atoms with E-state index < -0.39 is 5.54 Å². The third-order valence-corrected chi connectivity index (χ3v) is 6.02. The second-order valence-electron chi connectivity index (χ2n) is 6.59. The molecule has 5 heteroatoms. The van der Waals surface area contributed by atoms with Crippen molar-refractivity contribution in [3.8, 4) is 0 Å². The van der Waals surface area contributed by atoms with Crippen molar-refractivity contribution in [3.05, 3.63) is 11.6 Å². The fourth-order valence-electron chi connectivity index (χ4n) is 3.08. The maximum atomic E-state index is 12.0. The van der Waals surface area contributed by atoms with E-state index in [1.54, 1.807) is 11.8 Å². The molecule has 0 N–H and O–H groups in total. The molecule has 2 aliphatic rings. The minimum Gasteiger partial charge on any atom is -0.409 e. The Morgan fingerprint density at radius 1 is 1.27 bits per heavy atom. The molecule has 0 radical (unpaired) electrons. The van der Waals surface area contributed by atoms with Crippen LogP contribution in [0.1, 0.15) is 59.8 Å². The molecular weight excluding hydrogens is 296 g/mol. The Morgan fingerprint density at radius 2 is 1.86 bits per heavy atom. The van der Waals surface area contributed by atoms with E-state index in [-0.39, 0.29) is 10.7 Å². The Kier molecular flexibility index (Phi) is 5.25. The standard InChI is InChI=1S/C17H28N2O2S/c1-6-19(7-2)13(3)22-17(11-9-8-10-12-17)14-18-16(4,5)15(20)21-14/h3,6-12H2,1-2,4-5H3. The third kappa shape index (κ3) is 3.34. The lowest BCUT2D eigenvalue weighted by Crippen LogP contribution is -2.39. The second-order valence-corrected chi connectivity index (χ2v) is 8.05. The fraction of sp³-hybridized carbons (Fsp3) is 0.765. The molecule has 22 heavy (non-hydrogen) atoms. The summed E-state index contributed by atoms with van der Waals surface area (Å²) in [4.78, 5) is 18.9. The third-order valence-electron chi connectivity index (χ3n) is 4.55. The zero-order valence-electron chi connectivity index (χ0n) is 14.3. The molecule has 0 aromatic carbocycles. The first-order valence-electron chi connectivity index (χ1n) is 8.30. The van der Waals surface area contributed by atoms with Crippen LogP contribution in [-0.2, 0) is 9.53 Å². The van der Waals surface area contributed by atoms with Crippen LogP contribution in [0.25, 0.3) is 0 Å². The molecule has 0 spiro atoms. The van der Waals surface area contributed by atoms with Crippen molar-refractivity contribution >= 4 is 23.6 Å². The monoisotopic (exact) mass is 324 g/mol. The lowest BCUT2D eigenvalue weighted by Gasteiger charge is -2.37. The van der Waals surface area contributed by atoms with E-state index in [4.69, 9.17) is 4.74 Å². The van der Waals surface area contributed by atoms with Crippen LogP contribution in [0.2, 0.25) is 0 Å². The van der Waals surface area contributed by atoms with Gasteiger partial charge >= 0.3 is 5.97 Å². The molecule has 0 amide bonds. The van der Waals surface area contributed by atoms with E-state index in [2.05, 4.69) is 30.3 Å². The van der Waals surface area contributed by atoms with Crippen molar-refractivity contribution in [2.45, 2.75) is 70.1 Å². The molecular formula is C17H28N2O2S. The van der Waals surface area contributed by atoms with Gasteiger partial charge in [-0.15, -0.1) is 0 Å². The molecule has 0 unspecified atom stereocenters. The summed E-state index contributed by atoms with van der Waals surface area (Å²) in [6.07, 6.45) is 5.54. The molecule has 0 bridgehead atoms. The number of cyclic esters (lactones) is 1. The lowest BCUT2D eigenvalue weighted by molar-refractivity contribution is -0.138. The quantitative estimate of drug-likeness (QED) is 0.693. The minimum absolute atomic E-state index is 0.221. The molecule has 1 heterocycles. The number of carbonyl (C=O) groups excluding carboxylic acids is 1. The Hall–Kier alpha value is -0.970. The van der Waals surface area contributed by atoms with Crippen molar-refractivity contribution in [3.63, 3.8) is 0 Å². The van der Waals surface area contributed by atoms with Crippen LogP contribution in [0.15, 0.2) is 16.6 Å². The lowest BCUT2D eigenvalue weighted by atomic mass is 9.88. The number of esters is 1. The van der Waals surface area contributed by atoms with Gasteiger partial charge in [-0.25, -0.2) is 9.79 Å². The molecule has 0 atom stereocenters. The first kappa shape index (κ1) is 17.4. The summed E-state index contributed by atoms with van der Waals surface area (Å²) >= 11 is 1.75. The van der Waals surface area contributed by atoms with Gasteiger partial charge < -0.3 is 9.64 Å². The van der Waals surface area contributed by atoms with Crippen LogP contribution in [0.3, 0.4) is 0 Å².